The highest BCUT2D eigenvalue weighted by atomic mass is 16.5. The minimum Gasteiger partial charge on any atom is -0.466 e. The topological polar surface area (TPSA) is 46.5 Å². The molecule has 0 saturated heterocycles. The third kappa shape index (κ3) is 5.53. The van der Waals surface area contributed by atoms with Crippen molar-refractivity contribution in [2.45, 2.75) is 65.9 Å². The number of rotatable bonds is 8. The van der Waals surface area contributed by atoms with E-state index in [1.165, 1.54) is 0 Å². The summed E-state index contributed by atoms with van der Waals surface area (Å²) in [6, 6.07) is 0. The molecule has 0 aliphatic carbocycles. The van der Waals surface area contributed by atoms with Gasteiger partial charge in [0.25, 0.3) is 0 Å². The van der Waals surface area contributed by atoms with E-state index in [0.717, 1.165) is 19.3 Å². The van der Waals surface area contributed by atoms with Gasteiger partial charge in [0, 0.05) is 0 Å². The number of carbonyl (C=O) groups is 1. The fourth-order valence-corrected chi connectivity index (χ4v) is 2.36. The molecule has 0 amide bonds. The summed E-state index contributed by atoms with van der Waals surface area (Å²) in [5, 5.41) is 10.5. The number of hydrogen-bond donors (Lipinski definition) is 1. The highest BCUT2D eigenvalue weighted by Gasteiger charge is 2.39. The molecule has 1 N–H and O–H groups in total. The molecule has 2 atom stereocenters. The zero-order valence-electron chi connectivity index (χ0n) is 12.0. The van der Waals surface area contributed by atoms with Crippen LogP contribution < -0.4 is 0 Å². The lowest BCUT2D eigenvalue weighted by Crippen LogP contribution is -2.43. The third-order valence-corrected chi connectivity index (χ3v) is 3.16. The Morgan fingerprint density at radius 1 is 1.29 bits per heavy atom. The summed E-state index contributed by atoms with van der Waals surface area (Å²) in [6.07, 6.45) is 3.81. The number of esters is 1. The molecule has 3 nitrogen and oxygen atoms in total. The standard InChI is InChI=1S/C14H28O3/c1-6-8-9-10-14(5,16)12(11(3)4)13(15)17-7-2/h11-12,16H,6-10H2,1-5H3. The fourth-order valence-electron chi connectivity index (χ4n) is 2.36. The summed E-state index contributed by atoms with van der Waals surface area (Å²) < 4.78 is 5.06. The molecule has 2 unspecified atom stereocenters. The van der Waals surface area contributed by atoms with Crippen LogP contribution in [0.15, 0.2) is 0 Å². The Balaban J connectivity index is 4.60. The highest BCUT2D eigenvalue weighted by Crippen LogP contribution is 2.30. The average Bonchev–Trinajstić information content (AvgIpc) is 2.16. The molecule has 0 aromatic carbocycles. The molecule has 0 aliphatic rings. The van der Waals surface area contributed by atoms with Crippen molar-refractivity contribution in [1.29, 1.82) is 0 Å². The molecule has 102 valence electrons. The van der Waals surface area contributed by atoms with E-state index in [1.807, 2.05) is 13.8 Å². The van der Waals surface area contributed by atoms with Crippen molar-refractivity contribution in [3.63, 3.8) is 0 Å². The third-order valence-electron chi connectivity index (χ3n) is 3.16. The van der Waals surface area contributed by atoms with Crippen LogP contribution in [-0.2, 0) is 9.53 Å². The first-order valence-corrected chi connectivity index (χ1v) is 6.75. The Morgan fingerprint density at radius 2 is 1.88 bits per heavy atom. The van der Waals surface area contributed by atoms with E-state index in [1.54, 1.807) is 13.8 Å². The van der Waals surface area contributed by atoms with Gasteiger partial charge in [-0.3, -0.25) is 4.79 Å². The Kier molecular flexibility index (Phi) is 7.44. The molecule has 0 heterocycles. The quantitative estimate of drug-likeness (QED) is 0.527. The largest absolute Gasteiger partial charge is 0.466 e. The average molecular weight is 244 g/mol. The normalized spacial score (nSPS) is 16.6. The van der Waals surface area contributed by atoms with Crippen LogP contribution in [0.3, 0.4) is 0 Å². The van der Waals surface area contributed by atoms with Gasteiger partial charge in [0.2, 0.25) is 0 Å². The smallest absolute Gasteiger partial charge is 0.312 e. The maximum absolute atomic E-state index is 11.9. The van der Waals surface area contributed by atoms with Crippen LogP contribution >= 0.6 is 0 Å². The molecule has 0 spiro atoms. The van der Waals surface area contributed by atoms with Crippen molar-refractivity contribution in [2.24, 2.45) is 11.8 Å². The first-order chi connectivity index (χ1) is 7.86. The molecule has 3 heteroatoms. The maximum Gasteiger partial charge on any atom is 0.312 e. The SMILES string of the molecule is CCCCCC(C)(O)C(C(=O)OCC)C(C)C. The zero-order valence-corrected chi connectivity index (χ0v) is 12.0. The van der Waals surface area contributed by atoms with Crippen molar-refractivity contribution in [2.75, 3.05) is 6.61 Å². The van der Waals surface area contributed by atoms with Crippen molar-refractivity contribution in [1.82, 2.24) is 0 Å². The summed E-state index contributed by atoms with van der Waals surface area (Å²) in [5.74, 6) is -0.617. The van der Waals surface area contributed by atoms with Gasteiger partial charge in [-0.25, -0.2) is 0 Å². The van der Waals surface area contributed by atoms with Crippen LogP contribution in [0, 0.1) is 11.8 Å². The second-order valence-corrected chi connectivity index (χ2v) is 5.29. The van der Waals surface area contributed by atoms with Gasteiger partial charge in [-0.1, -0.05) is 40.0 Å². The molecule has 0 radical (unpaired) electrons. The zero-order chi connectivity index (χ0) is 13.5. The van der Waals surface area contributed by atoms with Gasteiger partial charge < -0.3 is 9.84 Å². The van der Waals surface area contributed by atoms with Gasteiger partial charge in [0.05, 0.1) is 18.1 Å². The number of unbranched alkanes of at least 4 members (excludes halogenated alkanes) is 2. The van der Waals surface area contributed by atoms with Crippen LogP contribution in [0.4, 0.5) is 0 Å². The van der Waals surface area contributed by atoms with Crippen LogP contribution in [0.25, 0.3) is 0 Å². The number of ether oxygens (including phenoxy) is 1. The summed E-state index contributed by atoms with van der Waals surface area (Å²) in [5.41, 5.74) is -0.963. The van der Waals surface area contributed by atoms with Gasteiger partial charge in [0.15, 0.2) is 0 Å². The van der Waals surface area contributed by atoms with E-state index in [2.05, 4.69) is 6.92 Å². The van der Waals surface area contributed by atoms with Crippen LogP contribution in [0.5, 0.6) is 0 Å². The van der Waals surface area contributed by atoms with Crippen LogP contribution in [0.1, 0.15) is 60.3 Å². The van der Waals surface area contributed by atoms with E-state index < -0.39 is 11.5 Å². The number of aliphatic hydroxyl groups is 1. The van der Waals surface area contributed by atoms with Crippen molar-refractivity contribution in [3.05, 3.63) is 0 Å². The Hall–Kier alpha value is -0.570. The Bertz CT molecular complexity index is 222. The minimum atomic E-state index is -0.963. The predicted octanol–water partition coefficient (Wildman–Crippen LogP) is 3.15. The lowest BCUT2D eigenvalue weighted by molar-refractivity contribution is -0.161. The second-order valence-electron chi connectivity index (χ2n) is 5.29. The lowest BCUT2D eigenvalue weighted by Gasteiger charge is -2.34. The molecule has 0 aliphatic heterocycles. The van der Waals surface area contributed by atoms with E-state index >= 15 is 0 Å². The number of hydrogen-bond acceptors (Lipinski definition) is 3. The molecule has 0 bridgehead atoms. The summed E-state index contributed by atoms with van der Waals surface area (Å²) >= 11 is 0. The predicted molar refractivity (Wildman–Crippen MR) is 69.7 cm³/mol. The van der Waals surface area contributed by atoms with Gasteiger partial charge in [0.1, 0.15) is 0 Å². The molecule has 0 aromatic rings. The Labute approximate surface area is 106 Å². The van der Waals surface area contributed by atoms with E-state index in [0.29, 0.717) is 13.0 Å². The van der Waals surface area contributed by atoms with Gasteiger partial charge in [-0.2, -0.15) is 0 Å². The molecule has 0 saturated carbocycles. The van der Waals surface area contributed by atoms with Gasteiger partial charge in [-0.05, 0) is 26.2 Å². The molecule has 0 aromatic heterocycles. The molecular weight excluding hydrogens is 216 g/mol. The first-order valence-electron chi connectivity index (χ1n) is 6.75. The first kappa shape index (κ1) is 16.4. The minimum absolute atomic E-state index is 0.0886. The van der Waals surface area contributed by atoms with E-state index in [9.17, 15) is 9.90 Å². The van der Waals surface area contributed by atoms with E-state index in [-0.39, 0.29) is 11.9 Å². The summed E-state index contributed by atoms with van der Waals surface area (Å²) in [7, 11) is 0. The molecule has 17 heavy (non-hydrogen) atoms. The fraction of sp³-hybridized carbons (Fsp3) is 0.929. The second kappa shape index (κ2) is 7.70. The van der Waals surface area contributed by atoms with Crippen LogP contribution in [-0.4, -0.2) is 23.3 Å². The summed E-state index contributed by atoms with van der Waals surface area (Å²) in [4.78, 5) is 11.9. The lowest BCUT2D eigenvalue weighted by atomic mass is 9.78. The van der Waals surface area contributed by atoms with Crippen molar-refractivity contribution >= 4 is 5.97 Å². The highest BCUT2D eigenvalue weighted by molar-refractivity contribution is 5.74. The summed E-state index contributed by atoms with van der Waals surface area (Å²) in [6.45, 7) is 9.95. The number of carbonyl (C=O) groups excluding carboxylic acids is 1. The maximum atomic E-state index is 11.9. The van der Waals surface area contributed by atoms with Gasteiger partial charge >= 0.3 is 5.97 Å². The Morgan fingerprint density at radius 3 is 2.29 bits per heavy atom. The molecule has 0 fully saturated rings. The van der Waals surface area contributed by atoms with Crippen molar-refractivity contribution < 1.29 is 14.6 Å². The van der Waals surface area contributed by atoms with E-state index in [4.69, 9.17) is 4.74 Å². The monoisotopic (exact) mass is 244 g/mol. The van der Waals surface area contributed by atoms with Crippen molar-refractivity contribution in [3.8, 4) is 0 Å². The molecular formula is C14H28O3. The van der Waals surface area contributed by atoms with Crippen LogP contribution in [0.2, 0.25) is 0 Å². The van der Waals surface area contributed by atoms with Gasteiger partial charge in [-0.15, -0.1) is 0 Å². The molecule has 0 rings (SSSR count).